The third-order valence-corrected chi connectivity index (χ3v) is 3.14. The van der Waals surface area contributed by atoms with Crippen LogP contribution in [0.25, 0.3) is 0 Å². The maximum absolute atomic E-state index is 11.9. The fourth-order valence-corrected chi connectivity index (χ4v) is 1.98. The van der Waals surface area contributed by atoms with E-state index in [0.29, 0.717) is 22.9 Å². The van der Waals surface area contributed by atoms with Crippen LogP contribution < -0.4 is 4.74 Å². The molecular weight excluding hydrogens is 264 g/mol. The van der Waals surface area contributed by atoms with Crippen LogP contribution in [0.3, 0.4) is 0 Å². The number of carbonyl (C=O) groups is 1. The highest BCUT2D eigenvalue weighted by Crippen LogP contribution is 2.25. The minimum atomic E-state index is -0.0555. The van der Waals surface area contributed by atoms with E-state index in [0.717, 1.165) is 12.8 Å². The second-order valence-electron chi connectivity index (χ2n) is 4.39. The predicted molar refractivity (Wildman–Crippen MR) is 77.3 cm³/mol. The maximum atomic E-state index is 11.9. The van der Waals surface area contributed by atoms with Gasteiger partial charge in [0.05, 0.1) is 12.1 Å². The van der Waals surface area contributed by atoms with Crippen molar-refractivity contribution in [2.24, 2.45) is 0 Å². The summed E-state index contributed by atoms with van der Waals surface area (Å²) in [5.41, 5.74) is 0.555. The highest BCUT2D eigenvalue weighted by Gasteiger charge is 2.09. The van der Waals surface area contributed by atoms with Crippen molar-refractivity contribution in [2.75, 3.05) is 20.3 Å². The average Bonchev–Trinajstić information content (AvgIpc) is 2.42. The van der Waals surface area contributed by atoms with Gasteiger partial charge in [-0.25, -0.2) is 0 Å². The van der Waals surface area contributed by atoms with Gasteiger partial charge in [0.1, 0.15) is 12.4 Å². The molecule has 0 N–H and O–H groups in total. The van der Waals surface area contributed by atoms with E-state index in [-0.39, 0.29) is 12.4 Å². The first-order chi connectivity index (χ1) is 9.19. The molecule has 3 nitrogen and oxygen atoms in total. The third-order valence-electron chi connectivity index (χ3n) is 2.85. The van der Waals surface area contributed by atoms with Gasteiger partial charge in [-0.1, -0.05) is 37.8 Å². The first-order valence-corrected chi connectivity index (χ1v) is 7.01. The SMILES string of the molecule is CCCCCCOCC(=O)c1ccc(OC)c(Cl)c1. The van der Waals surface area contributed by atoms with E-state index in [9.17, 15) is 4.79 Å². The van der Waals surface area contributed by atoms with Crippen LogP contribution in [0, 0.1) is 0 Å². The summed E-state index contributed by atoms with van der Waals surface area (Å²) in [6.45, 7) is 2.90. The number of ketones is 1. The number of Topliss-reactive ketones (excluding diaryl/α,β-unsaturated/α-hetero) is 1. The van der Waals surface area contributed by atoms with E-state index in [2.05, 4.69) is 6.92 Å². The Morgan fingerprint density at radius 1 is 1.26 bits per heavy atom. The van der Waals surface area contributed by atoms with Crippen LogP contribution in [-0.4, -0.2) is 26.1 Å². The molecule has 19 heavy (non-hydrogen) atoms. The summed E-state index contributed by atoms with van der Waals surface area (Å²) in [5, 5.41) is 0.441. The van der Waals surface area contributed by atoms with Crippen molar-refractivity contribution in [1.82, 2.24) is 0 Å². The Morgan fingerprint density at radius 2 is 2.05 bits per heavy atom. The molecule has 0 heterocycles. The van der Waals surface area contributed by atoms with Crippen molar-refractivity contribution < 1.29 is 14.3 Å². The fourth-order valence-electron chi connectivity index (χ4n) is 1.72. The molecule has 1 aromatic carbocycles. The van der Waals surface area contributed by atoms with Crippen LogP contribution in [0.5, 0.6) is 5.75 Å². The lowest BCUT2D eigenvalue weighted by Crippen LogP contribution is -2.10. The summed E-state index contributed by atoms with van der Waals surface area (Å²) in [7, 11) is 1.54. The molecule has 0 aliphatic rings. The average molecular weight is 285 g/mol. The lowest BCUT2D eigenvalue weighted by molar-refractivity contribution is 0.0752. The van der Waals surface area contributed by atoms with Crippen molar-refractivity contribution in [2.45, 2.75) is 32.6 Å². The topological polar surface area (TPSA) is 35.5 Å². The third kappa shape index (κ3) is 5.62. The molecule has 0 bridgehead atoms. The number of benzene rings is 1. The first kappa shape index (κ1) is 16.0. The van der Waals surface area contributed by atoms with Crippen LogP contribution in [0.2, 0.25) is 5.02 Å². The molecule has 0 saturated carbocycles. The molecule has 0 aromatic heterocycles. The van der Waals surface area contributed by atoms with Crippen molar-refractivity contribution in [3.8, 4) is 5.75 Å². The van der Waals surface area contributed by atoms with E-state index < -0.39 is 0 Å². The Labute approximate surface area is 119 Å². The molecule has 0 saturated heterocycles. The van der Waals surface area contributed by atoms with Crippen LogP contribution in [-0.2, 0) is 4.74 Å². The molecule has 106 valence electrons. The van der Waals surface area contributed by atoms with Gasteiger partial charge in [0.15, 0.2) is 5.78 Å². The molecule has 0 aliphatic heterocycles. The fraction of sp³-hybridized carbons (Fsp3) is 0.533. The largest absolute Gasteiger partial charge is 0.495 e. The Kier molecular flexibility index (Phi) is 7.53. The van der Waals surface area contributed by atoms with Gasteiger partial charge in [-0.3, -0.25) is 4.79 Å². The second-order valence-corrected chi connectivity index (χ2v) is 4.79. The number of unbranched alkanes of at least 4 members (excludes halogenated alkanes) is 3. The molecule has 0 unspecified atom stereocenters. The Bertz CT molecular complexity index is 404. The van der Waals surface area contributed by atoms with Gasteiger partial charge in [0.2, 0.25) is 0 Å². The van der Waals surface area contributed by atoms with E-state index in [1.165, 1.54) is 12.8 Å². The van der Waals surface area contributed by atoms with Gasteiger partial charge in [0.25, 0.3) is 0 Å². The normalized spacial score (nSPS) is 10.5. The van der Waals surface area contributed by atoms with Crippen LogP contribution in [0.1, 0.15) is 43.0 Å². The summed E-state index contributed by atoms with van der Waals surface area (Å²) in [5.74, 6) is 0.513. The number of halogens is 1. The molecule has 0 atom stereocenters. The standard InChI is InChI=1S/C15H21ClO3/c1-3-4-5-6-9-19-11-14(17)12-7-8-15(18-2)13(16)10-12/h7-8,10H,3-6,9,11H2,1-2H3. The maximum Gasteiger partial charge on any atom is 0.188 e. The van der Waals surface area contributed by atoms with E-state index >= 15 is 0 Å². The highest BCUT2D eigenvalue weighted by atomic mass is 35.5. The molecule has 0 radical (unpaired) electrons. The molecule has 1 aromatic rings. The summed E-state index contributed by atoms with van der Waals surface area (Å²) >= 11 is 5.97. The van der Waals surface area contributed by atoms with Crippen molar-refractivity contribution in [3.63, 3.8) is 0 Å². The van der Waals surface area contributed by atoms with Crippen LogP contribution in [0.4, 0.5) is 0 Å². The number of ether oxygens (including phenoxy) is 2. The molecule has 0 spiro atoms. The number of hydrogen-bond acceptors (Lipinski definition) is 3. The summed E-state index contributed by atoms with van der Waals surface area (Å²) in [6, 6.07) is 5.01. The molecule has 4 heteroatoms. The number of methoxy groups -OCH3 is 1. The highest BCUT2D eigenvalue weighted by molar-refractivity contribution is 6.32. The minimum Gasteiger partial charge on any atom is -0.495 e. The van der Waals surface area contributed by atoms with Gasteiger partial charge < -0.3 is 9.47 Å². The van der Waals surface area contributed by atoms with Crippen LogP contribution >= 0.6 is 11.6 Å². The number of rotatable bonds is 9. The summed E-state index contributed by atoms with van der Waals surface area (Å²) in [4.78, 5) is 11.9. The van der Waals surface area contributed by atoms with Crippen molar-refractivity contribution in [3.05, 3.63) is 28.8 Å². The smallest absolute Gasteiger partial charge is 0.188 e. The zero-order chi connectivity index (χ0) is 14.1. The zero-order valence-corrected chi connectivity index (χ0v) is 12.3. The minimum absolute atomic E-state index is 0.0555. The monoisotopic (exact) mass is 284 g/mol. The molecular formula is C15H21ClO3. The van der Waals surface area contributed by atoms with Crippen molar-refractivity contribution >= 4 is 17.4 Å². The van der Waals surface area contributed by atoms with Crippen molar-refractivity contribution in [1.29, 1.82) is 0 Å². The molecule has 0 amide bonds. The van der Waals surface area contributed by atoms with Crippen LogP contribution in [0.15, 0.2) is 18.2 Å². The molecule has 1 rings (SSSR count). The Hall–Kier alpha value is -1.06. The number of carbonyl (C=O) groups excluding carboxylic acids is 1. The van der Waals surface area contributed by atoms with E-state index in [1.807, 2.05) is 0 Å². The predicted octanol–water partition coefficient (Wildman–Crippen LogP) is 4.13. The lowest BCUT2D eigenvalue weighted by Gasteiger charge is -2.06. The zero-order valence-electron chi connectivity index (χ0n) is 11.6. The second kappa shape index (κ2) is 8.94. The van der Waals surface area contributed by atoms with Gasteiger partial charge in [-0.05, 0) is 24.6 Å². The van der Waals surface area contributed by atoms with Gasteiger partial charge in [-0.15, -0.1) is 0 Å². The molecule has 0 fully saturated rings. The Balaban J connectivity index is 2.35. The van der Waals surface area contributed by atoms with Gasteiger partial charge in [-0.2, -0.15) is 0 Å². The van der Waals surface area contributed by atoms with E-state index in [4.69, 9.17) is 21.1 Å². The number of hydrogen-bond donors (Lipinski definition) is 0. The van der Waals surface area contributed by atoms with Gasteiger partial charge in [0, 0.05) is 12.2 Å². The Morgan fingerprint density at radius 3 is 2.68 bits per heavy atom. The lowest BCUT2D eigenvalue weighted by atomic mass is 10.1. The summed E-state index contributed by atoms with van der Waals surface area (Å²) in [6.07, 6.45) is 4.57. The van der Waals surface area contributed by atoms with E-state index in [1.54, 1.807) is 25.3 Å². The molecule has 0 aliphatic carbocycles. The van der Waals surface area contributed by atoms with Gasteiger partial charge >= 0.3 is 0 Å². The quantitative estimate of drug-likeness (QED) is 0.505. The summed E-state index contributed by atoms with van der Waals surface area (Å²) < 4.78 is 10.4. The first-order valence-electron chi connectivity index (χ1n) is 6.63.